The largest absolute Gasteiger partial charge is 0.382 e. The molecule has 0 saturated carbocycles. The number of nitrogens with zero attached hydrogens (tertiary/aromatic N) is 2. The van der Waals surface area contributed by atoms with Crippen LogP contribution in [-0.2, 0) is 11.8 Å². The Balaban J connectivity index is 2.82. The summed E-state index contributed by atoms with van der Waals surface area (Å²) in [6.07, 6.45) is 2.96. The first-order valence-electron chi connectivity index (χ1n) is 4.97. The van der Waals surface area contributed by atoms with Gasteiger partial charge in [-0.05, 0) is 36.3 Å². The van der Waals surface area contributed by atoms with Gasteiger partial charge in [-0.15, -0.1) is 0 Å². The van der Waals surface area contributed by atoms with Crippen molar-refractivity contribution in [2.75, 3.05) is 14.2 Å². The van der Waals surface area contributed by atoms with Gasteiger partial charge in [-0.25, -0.2) is 0 Å². The highest BCUT2D eigenvalue weighted by Gasteiger charge is 2.19. The third kappa shape index (κ3) is 3.03. The maximum absolute atomic E-state index is 5.28. The van der Waals surface area contributed by atoms with Crippen LogP contribution in [0.5, 0.6) is 0 Å². The molecule has 0 radical (unpaired) electrons. The molecule has 1 N–H and O–H groups in total. The minimum Gasteiger partial charge on any atom is -0.382 e. The lowest BCUT2D eigenvalue weighted by atomic mass is 10.1. The number of hydrogen-bond acceptors (Lipinski definition) is 3. The first-order chi connectivity index (χ1) is 7.10. The third-order valence-electron chi connectivity index (χ3n) is 2.59. The molecule has 1 rings (SSSR count). The van der Waals surface area contributed by atoms with Crippen LogP contribution < -0.4 is 5.32 Å². The van der Waals surface area contributed by atoms with Gasteiger partial charge in [0.05, 0.1) is 28.5 Å². The minimum absolute atomic E-state index is 0.226. The maximum Gasteiger partial charge on any atom is 0.0693 e. The van der Waals surface area contributed by atoms with Gasteiger partial charge in [-0.2, -0.15) is 5.10 Å². The topological polar surface area (TPSA) is 39.1 Å². The molecular formula is C10H18BrN3O. The van der Waals surface area contributed by atoms with E-state index >= 15 is 0 Å². The van der Waals surface area contributed by atoms with Crippen molar-refractivity contribution in [3.8, 4) is 0 Å². The van der Waals surface area contributed by atoms with Gasteiger partial charge >= 0.3 is 0 Å². The van der Waals surface area contributed by atoms with Crippen molar-refractivity contribution < 1.29 is 4.74 Å². The molecule has 1 heterocycles. The Hall–Kier alpha value is -0.390. The lowest BCUT2D eigenvalue weighted by Crippen LogP contribution is -2.24. The van der Waals surface area contributed by atoms with E-state index in [1.165, 1.54) is 0 Å². The highest BCUT2D eigenvalue weighted by molar-refractivity contribution is 9.10. The van der Waals surface area contributed by atoms with E-state index in [9.17, 15) is 0 Å². The van der Waals surface area contributed by atoms with Crippen LogP contribution in [0.2, 0.25) is 0 Å². The van der Waals surface area contributed by atoms with Crippen LogP contribution in [0.3, 0.4) is 0 Å². The molecule has 0 aliphatic heterocycles. The van der Waals surface area contributed by atoms with E-state index in [4.69, 9.17) is 4.74 Å². The van der Waals surface area contributed by atoms with Gasteiger partial charge in [0.15, 0.2) is 0 Å². The number of rotatable bonds is 5. The standard InChI is InChI=1S/C10H18BrN3O/c1-7(15-4)5-9(12-2)10-8(11)6-13-14(10)3/h6-7,9,12H,5H2,1-4H3. The Morgan fingerprint density at radius 2 is 2.33 bits per heavy atom. The average Bonchev–Trinajstić information content (AvgIpc) is 2.55. The second kappa shape index (κ2) is 5.63. The van der Waals surface area contributed by atoms with Crippen molar-refractivity contribution in [2.45, 2.75) is 25.5 Å². The zero-order valence-corrected chi connectivity index (χ0v) is 11.2. The first-order valence-corrected chi connectivity index (χ1v) is 5.76. The maximum atomic E-state index is 5.28. The van der Waals surface area contributed by atoms with Gasteiger partial charge in [0, 0.05) is 14.2 Å². The van der Waals surface area contributed by atoms with Crippen molar-refractivity contribution in [2.24, 2.45) is 7.05 Å². The Kier molecular flexibility index (Phi) is 4.76. The summed E-state index contributed by atoms with van der Waals surface area (Å²) in [6, 6.07) is 0.252. The van der Waals surface area contributed by atoms with Crippen molar-refractivity contribution in [1.82, 2.24) is 15.1 Å². The normalized spacial score (nSPS) is 15.3. The van der Waals surface area contributed by atoms with E-state index in [1.807, 2.05) is 25.0 Å². The molecule has 0 aromatic carbocycles. The SMILES string of the molecule is CNC(CC(C)OC)c1c(Br)cnn1C. The van der Waals surface area contributed by atoms with Crippen LogP contribution in [0, 0.1) is 0 Å². The van der Waals surface area contributed by atoms with E-state index < -0.39 is 0 Å². The molecule has 15 heavy (non-hydrogen) atoms. The highest BCUT2D eigenvalue weighted by atomic mass is 79.9. The molecule has 4 nitrogen and oxygen atoms in total. The highest BCUT2D eigenvalue weighted by Crippen LogP contribution is 2.26. The summed E-state index contributed by atoms with van der Waals surface area (Å²) in [4.78, 5) is 0. The molecule has 0 fully saturated rings. The second-order valence-corrected chi connectivity index (χ2v) is 4.48. The minimum atomic E-state index is 0.226. The van der Waals surface area contributed by atoms with Crippen LogP contribution in [0.4, 0.5) is 0 Å². The van der Waals surface area contributed by atoms with Gasteiger partial charge in [0.1, 0.15) is 0 Å². The van der Waals surface area contributed by atoms with Crippen LogP contribution in [0.15, 0.2) is 10.7 Å². The average molecular weight is 276 g/mol. The second-order valence-electron chi connectivity index (χ2n) is 3.62. The lowest BCUT2D eigenvalue weighted by molar-refractivity contribution is 0.100. The molecule has 0 bridgehead atoms. The van der Waals surface area contributed by atoms with E-state index in [0.717, 1.165) is 16.6 Å². The fraction of sp³-hybridized carbons (Fsp3) is 0.700. The summed E-state index contributed by atoms with van der Waals surface area (Å²) < 4.78 is 8.19. The zero-order valence-electron chi connectivity index (χ0n) is 9.62. The lowest BCUT2D eigenvalue weighted by Gasteiger charge is -2.20. The third-order valence-corrected chi connectivity index (χ3v) is 3.20. The van der Waals surface area contributed by atoms with E-state index in [0.29, 0.717) is 0 Å². The molecule has 5 heteroatoms. The number of hydrogen-bond donors (Lipinski definition) is 1. The van der Waals surface area contributed by atoms with Gasteiger partial charge in [0.2, 0.25) is 0 Å². The number of ether oxygens (including phenoxy) is 1. The number of methoxy groups -OCH3 is 1. The molecule has 2 atom stereocenters. The Morgan fingerprint density at radius 1 is 1.67 bits per heavy atom. The van der Waals surface area contributed by atoms with Crippen molar-refractivity contribution >= 4 is 15.9 Å². The smallest absolute Gasteiger partial charge is 0.0693 e. The van der Waals surface area contributed by atoms with Crippen molar-refractivity contribution in [1.29, 1.82) is 0 Å². The molecule has 1 aromatic heterocycles. The molecule has 0 spiro atoms. The van der Waals surface area contributed by atoms with Gasteiger partial charge in [0.25, 0.3) is 0 Å². The molecule has 0 aliphatic rings. The molecule has 86 valence electrons. The molecule has 0 amide bonds. The number of aryl methyl sites for hydroxylation is 1. The summed E-state index contributed by atoms with van der Waals surface area (Å²) in [5.74, 6) is 0. The van der Waals surface area contributed by atoms with Gasteiger partial charge < -0.3 is 10.1 Å². The predicted molar refractivity (Wildman–Crippen MR) is 63.8 cm³/mol. The summed E-state index contributed by atoms with van der Waals surface area (Å²) in [7, 11) is 5.63. The Bertz CT molecular complexity index is 294. The summed E-state index contributed by atoms with van der Waals surface area (Å²) in [5.41, 5.74) is 1.15. The summed E-state index contributed by atoms with van der Waals surface area (Å²) in [5, 5.41) is 7.49. The number of aromatic nitrogens is 2. The molecule has 0 aliphatic carbocycles. The van der Waals surface area contributed by atoms with Crippen molar-refractivity contribution in [3.05, 3.63) is 16.4 Å². The molecular weight excluding hydrogens is 258 g/mol. The molecule has 0 saturated heterocycles. The number of halogens is 1. The Labute approximate surface area is 99.1 Å². The number of nitrogens with one attached hydrogen (secondary N) is 1. The quantitative estimate of drug-likeness (QED) is 0.892. The van der Waals surface area contributed by atoms with Crippen LogP contribution in [0.1, 0.15) is 25.1 Å². The summed E-state index contributed by atoms with van der Waals surface area (Å²) in [6.45, 7) is 2.06. The summed E-state index contributed by atoms with van der Waals surface area (Å²) >= 11 is 3.51. The van der Waals surface area contributed by atoms with Gasteiger partial charge in [-0.3, -0.25) is 4.68 Å². The fourth-order valence-electron chi connectivity index (χ4n) is 1.61. The van der Waals surface area contributed by atoms with E-state index in [-0.39, 0.29) is 12.1 Å². The van der Waals surface area contributed by atoms with Crippen molar-refractivity contribution in [3.63, 3.8) is 0 Å². The molecule has 2 unspecified atom stereocenters. The van der Waals surface area contributed by atoms with Crippen LogP contribution in [0.25, 0.3) is 0 Å². The van der Waals surface area contributed by atoms with E-state index in [2.05, 4.69) is 33.3 Å². The molecule has 1 aromatic rings. The monoisotopic (exact) mass is 275 g/mol. The van der Waals surface area contributed by atoms with Gasteiger partial charge in [-0.1, -0.05) is 0 Å². The predicted octanol–water partition coefficient (Wildman–Crippen LogP) is 1.87. The Morgan fingerprint density at radius 3 is 2.73 bits per heavy atom. The zero-order chi connectivity index (χ0) is 11.4. The van der Waals surface area contributed by atoms with E-state index in [1.54, 1.807) is 7.11 Å². The fourth-order valence-corrected chi connectivity index (χ4v) is 2.23. The van der Waals surface area contributed by atoms with Crippen LogP contribution >= 0.6 is 15.9 Å². The van der Waals surface area contributed by atoms with Crippen LogP contribution in [-0.4, -0.2) is 30.0 Å². The first kappa shape index (κ1) is 12.7.